The average Bonchev–Trinajstić information content (AvgIpc) is 2.02. The monoisotopic (exact) mass is 174 g/mol. The summed E-state index contributed by atoms with van der Waals surface area (Å²) in [6.45, 7) is 8.03. The topological polar surface area (TPSA) is 40.5 Å². The van der Waals surface area contributed by atoms with Crippen LogP contribution in [0.5, 0.6) is 0 Å². The fraction of sp³-hybridized carbons (Fsp3) is 1.00. The van der Waals surface area contributed by atoms with Gasteiger partial charge in [-0.15, -0.1) is 0 Å². The predicted molar refractivity (Wildman–Crippen MR) is 50.9 cm³/mol. The highest BCUT2D eigenvalue weighted by molar-refractivity contribution is 4.71. The van der Waals surface area contributed by atoms with Gasteiger partial charge in [0.25, 0.3) is 0 Å². The van der Waals surface area contributed by atoms with E-state index < -0.39 is 12.2 Å². The van der Waals surface area contributed by atoms with Gasteiger partial charge in [-0.05, 0) is 18.3 Å². The summed E-state index contributed by atoms with van der Waals surface area (Å²) in [5.74, 6) is 0.637. The summed E-state index contributed by atoms with van der Waals surface area (Å²) in [5, 5.41) is 19.0. The third-order valence-electron chi connectivity index (χ3n) is 2.42. The molecule has 0 rings (SSSR count). The molecule has 0 saturated heterocycles. The lowest BCUT2D eigenvalue weighted by atomic mass is 9.93. The normalized spacial score (nSPS) is 19.2. The maximum absolute atomic E-state index is 9.54. The Morgan fingerprint density at radius 3 is 1.92 bits per heavy atom. The second kappa shape index (κ2) is 5.55. The molecule has 0 radical (unpaired) electrons. The molecule has 2 nitrogen and oxygen atoms in total. The van der Waals surface area contributed by atoms with Crippen LogP contribution in [0.25, 0.3) is 0 Å². The number of rotatable bonds is 5. The molecule has 0 spiro atoms. The van der Waals surface area contributed by atoms with E-state index in [-0.39, 0.29) is 5.92 Å². The van der Waals surface area contributed by atoms with E-state index in [4.69, 9.17) is 0 Å². The zero-order valence-corrected chi connectivity index (χ0v) is 8.62. The molecule has 0 amide bonds. The van der Waals surface area contributed by atoms with Crippen LogP contribution in [-0.4, -0.2) is 22.4 Å². The molecule has 0 aliphatic heterocycles. The SMILES string of the molecule is CCC(C)CC(O)C(O)C(C)C. The number of aliphatic hydroxyl groups is 2. The second-order valence-corrected chi connectivity index (χ2v) is 4.05. The number of aliphatic hydroxyl groups excluding tert-OH is 2. The van der Waals surface area contributed by atoms with Crippen LogP contribution in [0.1, 0.15) is 40.5 Å². The summed E-state index contributed by atoms with van der Waals surface area (Å²) in [4.78, 5) is 0. The fourth-order valence-electron chi connectivity index (χ4n) is 1.16. The highest BCUT2D eigenvalue weighted by Crippen LogP contribution is 2.16. The van der Waals surface area contributed by atoms with E-state index >= 15 is 0 Å². The first-order valence-electron chi connectivity index (χ1n) is 4.85. The molecule has 0 aliphatic rings. The van der Waals surface area contributed by atoms with Crippen molar-refractivity contribution in [1.29, 1.82) is 0 Å². The van der Waals surface area contributed by atoms with Crippen LogP contribution in [-0.2, 0) is 0 Å². The van der Waals surface area contributed by atoms with Crippen LogP contribution in [0.2, 0.25) is 0 Å². The van der Waals surface area contributed by atoms with Crippen LogP contribution in [0, 0.1) is 11.8 Å². The third-order valence-corrected chi connectivity index (χ3v) is 2.42. The van der Waals surface area contributed by atoms with E-state index in [1.54, 1.807) is 0 Å². The first-order valence-corrected chi connectivity index (χ1v) is 4.85. The average molecular weight is 174 g/mol. The smallest absolute Gasteiger partial charge is 0.0822 e. The minimum absolute atomic E-state index is 0.143. The van der Waals surface area contributed by atoms with Gasteiger partial charge in [0.05, 0.1) is 12.2 Å². The Morgan fingerprint density at radius 1 is 1.08 bits per heavy atom. The van der Waals surface area contributed by atoms with Gasteiger partial charge in [-0.25, -0.2) is 0 Å². The van der Waals surface area contributed by atoms with Crippen LogP contribution >= 0.6 is 0 Å². The van der Waals surface area contributed by atoms with Crippen LogP contribution in [0.15, 0.2) is 0 Å². The molecule has 2 N–H and O–H groups in total. The summed E-state index contributed by atoms with van der Waals surface area (Å²) < 4.78 is 0. The quantitative estimate of drug-likeness (QED) is 0.667. The van der Waals surface area contributed by atoms with Crippen LogP contribution in [0.4, 0.5) is 0 Å². The summed E-state index contributed by atoms with van der Waals surface area (Å²) >= 11 is 0. The van der Waals surface area contributed by atoms with Gasteiger partial charge in [-0.2, -0.15) is 0 Å². The van der Waals surface area contributed by atoms with Crippen molar-refractivity contribution >= 4 is 0 Å². The Balaban J connectivity index is 3.78. The van der Waals surface area contributed by atoms with Gasteiger partial charge in [0, 0.05) is 0 Å². The molecule has 0 saturated carbocycles. The number of hydrogen-bond acceptors (Lipinski definition) is 2. The molecule has 2 heteroatoms. The number of hydrogen-bond donors (Lipinski definition) is 2. The first-order chi connectivity index (χ1) is 5.49. The zero-order chi connectivity index (χ0) is 9.72. The molecule has 74 valence electrons. The molecule has 0 heterocycles. The molecule has 0 aromatic heterocycles. The van der Waals surface area contributed by atoms with Crippen molar-refractivity contribution in [3.63, 3.8) is 0 Å². The van der Waals surface area contributed by atoms with Gasteiger partial charge in [0.1, 0.15) is 0 Å². The van der Waals surface area contributed by atoms with Crippen LogP contribution < -0.4 is 0 Å². The molecule has 3 unspecified atom stereocenters. The van der Waals surface area contributed by atoms with Gasteiger partial charge in [0.15, 0.2) is 0 Å². The van der Waals surface area contributed by atoms with Crippen LogP contribution in [0.3, 0.4) is 0 Å². The summed E-state index contributed by atoms with van der Waals surface area (Å²) in [6, 6.07) is 0. The minimum Gasteiger partial charge on any atom is -0.390 e. The van der Waals surface area contributed by atoms with E-state index in [1.165, 1.54) is 0 Å². The van der Waals surface area contributed by atoms with E-state index in [0.29, 0.717) is 12.3 Å². The van der Waals surface area contributed by atoms with Crippen molar-refractivity contribution in [2.24, 2.45) is 11.8 Å². The maximum atomic E-state index is 9.54. The van der Waals surface area contributed by atoms with E-state index in [2.05, 4.69) is 13.8 Å². The summed E-state index contributed by atoms with van der Waals surface area (Å²) in [7, 11) is 0. The lowest BCUT2D eigenvalue weighted by Crippen LogP contribution is -2.32. The summed E-state index contributed by atoms with van der Waals surface area (Å²) in [5.41, 5.74) is 0. The molecular weight excluding hydrogens is 152 g/mol. The Labute approximate surface area is 75.6 Å². The van der Waals surface area contributed by atoms with Gasteiger partial charge in [-0.3, -0.25) is 0 Å². The Bertz CT molecular complexity index is 112. The van der Waals surface area contributed by atoms with Crippen molar-refractivity contribution in [3.8, 4) is 0 Å². The Hall–Kier alpha value is -0.0800. The Morgan fingerprint density at radius 2 is 1.58 bits per heavy atom. The lowest BCUT2D eigenvalue weighted by Gasteiger charge is -2.23. The maximum Gasteiger partial charge on any atom is 0.0822 e. The predicted octanol–water partition coefficient (Wildman–Crippen LogP) is 1.80. The highest BCUT2D eigenvalue weighted by Gasteiger charge is 2.20. The minimum atomic E-state index is -0.570. The molecule has 3 atom stereocenters. The fourth-order valence-corrected chi connectivity index (χ4v) is 1.16. The van der Waals surface area contributed by atoms with Crippen molar-refractivity contribution in [2.75, 3.05) is 0 Å². The molecule has 0 aromatic rings. The van der Waals surface area contributed by atoms with Crippen molar-refractivity contribution in [2.45, 2.75) is 52.7 Å². The van der Waals surface area contributed by atoms with Gasteiger partial charge in [0.2, 0.25) is 0 Å². The van der Waals surface area contributed by atoms with Crippen molar-refractivity contribution < 1.29 is 10.2 Å². The van der Waals surface area contributed by atoms with E-state index in [1.807, 2.05) is 13.8 Å². The molecule has 0 bridgehead atoms. The molecule has 0 aliphatic carbocycles. The second-order valence-electron chi connectivity index (χ2n) is 4.05. The van der Waals surface area contributed by atoms with Crippen molar-refractivity contribution in [3.05, 3.63) is 0 Å². The molecule has 0 fully saturated rings. The lowest BCUT2D eigenvalue weighted by molar-refractivity contribution is -0.0193. The largest absolute Gasteiger partial charge is 0.390 e. The van der Waals surface area contributed by atoms with E-state index in [9.17, 15) is 10.2 Å². The Kier molecular flexibility index (Phi) is 5.51. The van der Waals surface area contributed by atoms with E-state index in [0.717, 1.165) is 6.42 Å². The van der Waals surface area contributed by atoms with Gasteiger partial charge >= 0.3 is 0 Å². The first kappa shape index (κ1) is 11.9. The molecule has 0 aromatic carbocycles. The van der Waals surface area contributed by atoms with Gasteiger partial charge in [-0.1, -0.05) is 34.1 Å². The highest BCUT2D eigenvalue weighted by atomic mass is 16.3. The molecular formula is C10H22O2. The van der Waals surface area contributed by atoms with Gasteiger partial charge < -0.3 is 10.2 Å². The third kappa shape index (κ3) is 4.07. The molecule has 12 heavy (non-hydrogen) atoms. The summed E-state index contributed by atoms with van der Waals surface area (Å²) in [6.07, 6.45) is 0.636. The zero-order valence-electron chi connectivity index (χ0n) is 8.62. The standard InChI is InChI=1S/C10H22O2/c1-5-8(4)6-9(11)10(12)7(2)3/h7-12H,5-6H2,1-4H3. The van der Waals surface area contributed by atoms with Crippen molar-refractivity contribution in [1.82, 2.24) is 0 Å².